The molecular formula is C10H19N. The molecule has 1 heteroatoms. The molecule has 0 aromatic carbocycles. The van der Waals surface area contributed by atoms with E-state index >= 15 is 0 Å². The van der Waals surface area contributed by atoms with Crippen LogP contribution in [0.2, 0.25) is 0 Å². The van der Waals surface area contributed by atoms with E-state index in [1.165, 1.54) is 19.3 Å². The molecule has 0 amide bonds. The molecule has 0 aromatic rings. The van der Waals surface area contributed by atoms with E-state index < -0.39 is 0 Å². The summed E-state index contributed by atoms with van der Waals surface area (Å²) < 4.78 is 0. The Morgan fingerprint density at radius 2 is 1.91 bits per heavy atom. The fraction of sp³-hybridized carbons (Fsp3) is 1.00. The molecule has 0 aromatic heterocycles. The Kier molecular flexibility index (Phi) is 1.92. The summed E-state index contributed by atoms with van der Waals surface area (Å²) in [4.78, 5) is 0. The first-order valence-corrected chi connectivity index (χ1v) is 4.97. The van der Waals surface area contributed by atoms with Crippen LogP contribution in [-0.4, -0.2) is 13.1 Å². The topological polar surface area (TPSA) is 12.0 Å². The first kappa shape index (κ1) is 7.60. The lowest BCUT2D eigenvalue weighted by Gasteiger charge is -2.16. The monoisotopic (exact) mass is 153 g/mol. The maximum Gasteiger partial charge on any atom is 0.00383 e. The van der Waals surface area contributed by atoms with Gasteiger partial charge in [-0.25, -0.2) is 0 Å². The van der Waals surface area contributed by atoms with Crippen LogP contribution >= 0.6 is 0 Å². The van der Waals surface area contributed by atoms with E-state index in [1.54, 1.807) is 6.42 Å². The van der Waals surface area contributed by atoms with Crippen molar-refractivity contribution in [3.8, 4) is 0 Å². The highest BCUT2D eigenvalue weighted by Crippen LogP contribution is 2.55. The molecule has 1 nitrogen and oxygen atoms in total. The highest BCUT2D eigenvalue weighted by molar-refractivity contribution is 4.96. The highest BCUT2D eigenvalue weighted by Gasteiger charge is 2.45. The van der Waals surface area contributed by atoms with Gasteiger partial charge in [-0.2, -0.15) is 0 Å². The molecule has 2 fully saturated rings. The number of nitrogens with one attached hydrogen (secondary N) is 1. The largest absolute Gasteiger partial charge is 0.317 e. The molecule has 2 rings (SSSR count). The Balaban J connectivity index is 1.71. The lowest BCUT2D eigenvalue weighted by atomic mass is 9.96. The van der Waals surface area contributed by atoms with Crippen molar-refractivity contribution in [2.45, 2.75) is 38.6 Å². The molecule has 0 bridgehead atoms. The van der Waals surface area contributed by atoms with Crippen molar-refractivity contribution in [2.24, 2.45) is 17.8 Å². The van der Waals surface area contributed by atoms with Crippen LogP contribution in [0.25, 0.3) is 0 Å². The van der Waals surface area contributed by atoms with E-state index in [0.717, 1.165) is 23.8 Å². The Morgan fingerprint density at radius 3 is 2.45 bits per heavy atom. The second-order valence-electron chi connectivity index (χ2n) is 4.52. The first-order chi connectivity index (χ1) is 5.29. The van der Waals surface area contributed by atoms with Crippen molar-refractivity contribution in [1.29, 1.82) is 0 Å². The van der Waals surface area contributed by atoms with Crippen LogP contribution in [0.5, 0.6) is 0 Å². The van der Waals surface area contributed by atoms with Crippen LogP contribution in [-0.2, 0) is 0 Å². The summed E-state index contributed by atoms with van der Waals surface area (Å²) in [6, 6.07) is 0.734. The van der Waals surface area contributed by atoms with Crippen LogP contribution in [0, 0.1) is 17.8 Å². The third-order valence-corrected chi connectivity index (χ3v) is 3.52. The third-order valence-electron chi connectivity index (χ3n) is 3.52. The average Bonchev–Trinajstić information content (AvgIpc) is 2.60. The van der Waals surface area contributed by atoms with Gasteiger partial charge in [0.1, 0.15) is 0 Å². The zero-order chi connectivity index (χ0) is 7.84. The summed E-state index contributed by atoms with van der Waals surface area (Å²) in [5.74, 6) is 3.37. The predicted octanol–water partition coefficient (Wildman–Crippen LogP) is 2.03. The third kappa shape index (κ3) is 1.58. The molecule has 0 spiro atoms. The second kappa shape index (κ2) is 2.78. The van der Waals surface area contributed by atoms with Crippen LogP contribution in [0.4, 0.5) is 0 Å². The minimum atomic E-state index is 0.734. The summed E-state index contributed by atoms with van der Waals surface area (Å²) in [5, 5.41) is 3.32. The smallest absolute Gasteiger partial charge is 0.00383 e. The number of hydrogen-bond acceptors (Lipinski definition) is 1. The summed E-state index contributed by atoms with van der Waals surface area (Å²) in [7, 11) is 2.07. The Hall–Kier alpha value is -0.0400. The van der Waals surface area contributed by atoms with Crippen molar-refractivity contribution < 1.29 is 0 Å². The maximum absolute atomic E-state index is 3.32. The van der Waals surface area contributed by atoms with Crippen molar-refractivity contribution in [3.05, 3.63) is 0 Å². The predicted molar refractivity (Wildman–Crippen MR) is 47.5 cm³/mol. The minimum absolute atomic E-state index is 0.734. The molecule has 2 aliphatic rings. The maximum atomic E-state index is 3.32. The van der Waals surface area contributed by atoms with Crippen LogP contribution < -0.4 is 5.32 Å². The minimum Gasteiger partial charge on any atom is -0.317 e. The summed E-state index contributed by atoms with van der Waals surface area (Å²) >= 11 is 0. The van der Waals surface area contributed by atoms with Gasteiger partial charge in [-0.3, -0.25) is 0 Å². The Labute approximate surface area is 69.6 Å². The van der Waals surface area contributed by atoms with Gasteiger partial charge < -0.3 is 5.32 Å². The summed E-state index contributed by atoms with van der Waals surface area (Å²) in [6.45, 7) is 2.30. The Bertz CT molecular complexity index is 134. The summed E-state index contributed by atoms with van der Waals surface area (Å²) in [6.07, 6.45) is 6.04. The fourth-order valence-corrected chi connectivity index (χ4v) is 2.65. The van der Waals surface area contributed by atoms with E-state index in [9.17, 15) is 0 Å². The van der Waals surface area contributed by atoms with Gasteiger partial charge in [0.2, 0.25) is 0 Å². The number of rotatable bonds is 3. The molecule has 2 aliphatic carbocycles. The van der Waals surface area contributed by atoms with Crippen molar-refractivity contribution in [2.75, 3.05) is 7.05 Å². The normalized spacial score (nSPS) is 43.6. The molecular weight excluding hydrogens is 134 g/mol. The molecule has 2 saturated carbocycles. The molecule has 0 aliphatic heterocycles. The number of fused-ring (bicyclic) bond motifs is 1. The molecule has 11 heavy (non-hydrogen) atoms. The van der Waals surface area contributed by atoms with Gasteiger partial charge in [0.15, 0.2) is 0 Å². The Morgan fingerprint density at radius 1 is 1.27 bits per heavy atom. The fourth-order valence-electron chi connectivity index (χ4n) is 2.65. The van der Waals surface area contributed by atoms with E-state index in [-0.39, 0.29) is 0 Å². The van der Waals surface area contributed by atoms with Crippen LogP contribution in [0.3, 0.4) is 0 Å². The van der Waals surface area contributed by atoms with Crippen LogP contribution in [0.15, 0.2) is 0 Å². The second-order valence-corrected chi connectivity index (χ2v) is 4.52. The van der Waals surface area contributed by atoms with Gasteiger partial charge in [0.25, 0.3) is 0 Å². The lowest BCUT2D eigenvalue weighted by molar-refractivity contribution is 0.393. The first-order valence-electron chi connectivity index (χ1n) is 4.97. The van der Waals surface area contributed by atoms with Crippen LogP contribution in [0.1, 0.15) is 32.6 Å². The molecule has 3 atom stereocenters. The zero-order valence-electron chi connectivity index (χ0n) is 7.64. The van der Waals surface area contributed by atoms with Gasteiger partial charge in [-0.15, -0.1) is 0 Å². The van der Waals surface area contributed by atoms with Gasteiger partial charge >= 0.3 is 0 Å². The SMILES string of the molecule is CNC(C)CC1CC2CC2C1. The molecule has 0 saturated heterocycles. The van der Waals surface area contributed by atoms with E-state index in [4.69, 9.17) is 0 Å². The van der Waals surface area contributed by atoms with Gasteiger partial charge in [-0.1, -0.05) is 0 Å². The molecule has 0 heterocycles. The van der Waals surface area contributed by atoms with Crippen molar-refractivity contribution in [3.63, 3.8) is 0 Å². The highest BCUT2D eigenvalue weighted by atomic mass is 14.9. The number of hydrogen-bond donors (Lipinski definition) is 1. The summed E-state index contributed by atoms with van der Waals surface area (Å²) in [5.41, 5.74) is 0. The van der Waals surface area contributed by atoms with Gasteiger partial charge in [0, 0.05) is 6.04 Å². The molecule has 64 valence electrons. The zero-order valence-corrected chi connectivity index (χ0v) is 7.64. The molecule has 3 unspecified atom stereocenters. The van der Waals surface area contributed by atoms with Gasteiger partial charge in [0.05, 0.1) is 0 Å². The molecule has 1 N–H and O–H groups in total. The average molecular weight is 153 g/mol. The van der Waals surface area contributed by atoms with Gasteiger partial charge in [-0.05, 0) is 57.4 Å². The quantitative estimate of drug-likeness (QED) is 0.654. The molecule has 0 radical (unpaired) electrons. The standard InChI is InChI=1S/C10H19N/c1-7(11-2)3-8-4-9-6-10(9)5-8/h7-11H,3-6H2,1-2H3. The van der Waals surface area contributed by atoms with Crippen molar-refractivity contribution >= 4 is 0 Å². The van der Waals surface area contributed by atoms with Crippen molar-refractivity contribution in [1.82, 2.24) is 5.32 Å². The van der Waals surface area contributed by atoms with E-state index in [1.807, 2.05) is 0 Å². The lowest BCUT2D eigenvalue weighted by Crippen LogP contribution is -2.23. The van der Waals surface area contributed by atoms with E-state index in [2.05, 4.69) is 19.3 Å². The van der Waals surface area contributed by atoms with E-state index in [0.29, 0.717) is 0 Å².